The summed E-state index contributed by atoms with van der Waals surface area (Å²) >= 11 is 0. The van der Waals surface area contributed by atoms with Gasteiger partial charge in [0.2, 0.25) is 0 Å². The van der Waals surface area contributed by atoms with E-state index in [1.165, 1.54) is 18.4 Å². The molecule has 2 heterocycles. The number of hydrogen-bond donors (Lipinski definition) is 2. The Hall–Kier alpha value is -1.09. The fraction of sp³-hybridized carbons (Fsp3) is 0.583. The van der Waals surface area contributed by atoms with Gasteiger partial charge in [-0.1, -0.05) is 6.92 Å². The van der Waals surface area contributed by atoms with E-state index in [-0.39, 0.29) is 0 Å². The van der Waals surface area contributed by atoms with Gasteiger partial charge in [0, 0.05) is 18.8 Å². The zero-order valence-corrected chi connectivity index (χ0v) is 9.29. The molecule has 0 aliphatic carbocycles. The van der Waals surface area contributed by atoms with Crippen LogP contribution in [0.15, 0.2) is 18.3 Å². The lowest BCUT2D eigenvalue weighted by molar-refractivity contribution is 0.479. The molecule has 0 saturated carbocycles. The lowest BCUT2D eigenvalue weighted by Gasteiger charge is -2.24. The number of hydrogen-bond acceptors (Lipinski definition) is 3. The molecule has 1 fully saturated rings. The maximum atomic E-state index is 4.34. The average Bonchev–Trinajstić information content (AvgIpc) is 2.31. The van der Waals surface area contributed by atoms with Gasteiger partial charge in [-0.15, -0.1) is 0 Å². The summed E-state index contributed by atoms with van der Waals surface area (Å²) in [6, 6.07) is 4.76. The summed E-state index contributed by atoms with van der Waals surface area (Å²) in [5, 5.41) is 6.88. The molecule has 2 rings (SSSR count). The number of aromatic nitrogens is 1. The van der Waals surface area contributed by atoms with E-state index in [1.54, 1.807) is 0 Å². The molecule has 1 aliphatic heterocycles. The van der Waals surface area contributed by atoms with Crippen molar-refractivity contribution in [3.63, 3.8) is 0 Å². The summed E-state index contributed by atoms with van der Waals surface area (Å²) in [4.78, 5) is 4.34. The van der Waals surface area contributed by atoms with Crippen molar-refractivity contribution in [2.24, 2.45) is 0 Å². The monoisotopic (exact) mass is 205 g/mol. The third-order valence-corrected chi connectivity index (χ3v) is 2.88. The first kappa shape index (κ1) is 10.4. The maximum absolute atomic E-state index is 4.34. The predicted octanol–water partition coefficient (Wildman–Crippen LogP) is 1.81. The van der Waals surface area contributed by atoms with Gasteiger partial charge in [-0.3, -0.25) is 0 Å². The number of rotatable bonds is 3. The summed E-state index contributed by atoms with van der Waals surface area (Å²) in [6.45, 7) is 4.37. The Morgan fingerprint density at radius 3 is 3.27 bits per heavy atom. The Balaban J connectivity index is 1.96. The highest BCUT2D eigenvalue weighted by atomic mass is 15.1. The second-order valence-corrected chi connectivity index (χ2v) is 4.09. The van der Waals surface area contributed by atoms with Crippen molar-refractivity contribution in [2.75, 3.05) is 18.4 Å². The van der Waals surface area contributed by atoms with Gasteiger partial charge in [0.05, 0.1) is 0 Å². The molecule has 2 N–H and O–H groups in total. The Kier molecular flexibility index (Phi) is 3.56. The number of nitrogens with one attached hydrogen (secondary N) is 2. The van der Waals surface area contributed by atoms with E-state index in [2.05, 4.69) is 34.7 Å². The molecule has 3 heteroatoms. The Morgan fingerprint density at radius 1 is 1.60 bits per heavy atom. The van der Waals surface area contributed by atoms with Crippen LogP contribution in [0, 0.1) is 0 Å². The van der Waals surface area contributed by atoms with Crippen LogP contribution in [-0.4, -0.2) is 24.1 Å². The fourth-order valence-electron chi connectivity index (χ4n) is 1.96. The molecular weight excluding hydrogens is 186 g/mol. The van der Waals surface area contributed by atoms with E-state index in [9.17, 15) is 0 Å². The van der Waals surface area contributed by atoms with Gasteiger partial charge in [0.1, 0.15) is 5.82 Å². The largest absolute Gasteiger partial charge is 0.366 e. The summed E-state index contributed by atoms with van der Waals surface area (Å²) in [6.07, 6.45) is 5.45. The highest BCUT2D eigenvalue weighted by Gasteiger charge is 2.12. The summed E-state index contributed by atoms with van der Waals surface area (Å²) in [5.74, 6) is 1.02. The van der Waals surface area contributed by atoms with Crippen molar-refractivity contribution in [2.45, 2.75) is 32.2 Å². The third-order valence-electron chi connectivity index (χ3n) is 2.88. The lowest BCUT2D eigenvalue weighted by atomic mass is 10.1. The predicted molar refractivity (Wildman–Crippen MR) is 63.1 cm³/mol. The lowest BCUT2D eigenvalue weighted by Crippen LogP contribution is -2.38. The van der Waals surface area contributed by atoms with Crippen molar-refractivity contribution >= 4 is 5.82 Å². The molecule has 1 aromatic rings. The zero-order valence-electron chi connectivity index (χ0n) is 9.29. The third kappa shape index (κ3) is 2.93. The molecule has 1 saturated heterocycles. The number of aryl methyl sites for hydroxylation is 1. The molecule has 3 nitrogen and oxygen atoms in total. The first-order valence-corrected chi connectivity index (χ1v) is 5.80. The normalized spacial score (nSPS) is 21.3. The van der Waals surface area contributed by atoms with Gasteiger partial charge < -0.3 is 10.6 Å². The smallest absolute Gasteiger partial charge is 0.126 e. The minimum absolute atomic E-state index is 0.540. The molecule has 1 unspecified atom stereocenters. The molecule has 0 amide bonds. The van der Waals surface area contributed by atoms with Gasteiger partial charge in [-0.05, 0) is 43.5 Å². The van der Waals surface area contributed by atoms with Gasteiger partial charge in [0.25, 0.3) is 0 Å². The molecule has 0 radical (unpaired) electrons. The van der Waals surface area contributed by atoms with Gasteiger partial charge in [0.15, 0.2) is 0 Å². The van der Waals surface area contributed by atoms with Crippen LogP contribution in [0.5, 0.6) is 0 Å². The van der Waals surface area contributed by atoms with Crippen LogP contribution in [0.3, 0.4) is 0 Å². The van der Waals surface area contributed by atoms with Crippen LogP contribution in [-0.2, 0) is 6.42 Å². The van der Waals surface area contributed by atoms with Crippen molar-refractivity contribution in [3.8, 4) is 0 Å². The minimum atomic E-state index is 0.540. The van der Waals surface area contributed by atoms with Crippen LogP contribution >= 0.6 is 0 Å². The Morgan fingerprint density at radius 2 is 2.53 bits per heavy atom. The van der Waals surface area contributed by atoms with E-state index >= 15 is 0 Å². The topological polar surface area (TPSA) is 37.0 Å². The van der Waals surface area contributed by atoms with Gasteiger partial charge in [-0.25, -0.2) is 4.98 Å². The molecular formula is C12H19N3. The van der Waals surface area contributed by atoms with Crippen molar-refractivity contribution in [1.82, 2.24) is 10.3 Å². The molecule has 0 spiro atoms. The summed E-state index contributed by atoms with van der Waals surface area (Å²) in [7, 11) is 0. The molecule has 1 atom stereocenters. The quantitative estimate of drug-likeness (QED) is 0.790. The first-order valence-electron chi connectivity index (χ1n) is 5.80. The SMILES string of the molecule is CCc1ccnc(NC2CCCNC2)c1. The van der Waals surface area contributed by atoms with E-state index in [0.29, 0.717) is 6.04 Å². The van der Waals surface area contributed by atoms with Gasteiger partial charge >= 0.3 is 0 Å². The maximum Gasteiger partial charge on any atom is 0.126 e. The van der Waals surface area contributed by atoms with Crippen LogP contribution in [0.25, 0.3) is 0 Å². The average molecular weight is 205 g/mol. The first-order chi connectivity index (χ1) is 7.38. The molecule has 82 valence electrons. The van der Waals surface area contributed by atoms with Crippen molar-refractivity contribution in [1.29, 1.82) is 0 Å². The van der Waals surface area contributed by atoms with E-state index in [1.807, 2.05) is 6.20 Å². The Bertz CT molecular complexity index is 305. The highest BCUT2D eigenvalue weighted by molar-refractivity contribution is 5.38. The van der Waals surface area contributed by atoms with Crippen LogP contribution in [0.4, 0.5) is 5.82 Å². The van der Waals surface area contributed by atoms with Crippen LogP contribution in [0.1, 0.15) is 25.3 Å². The summed E-state index contributed by atoms with van der Waals surface area (Å²) < 4.78 is 0. The zero-order chi connectivity index (χ0) is 10.5. The molecule has 0 bridgehead atoms. The molecule has 1 aromatic heterocycles. The van der Waals surface area contributed by atoms with Gasteiger partial charge in [-0.2, -0.15) is 0 Å². The molecule has 1 aliphatic rings. The standard InChI is InChI=1S/C12H19N3/c1-2-10-5-7-14-12(8-10)15-11-4-3-6-13-9-11/h5,7-8,11,13H,2-4,6,9H2,1H3,(H,14,15). The fourth-order valence-corrected chi connectivity index (χ4v) is 1.96. The van der Waals surface area contributed by atoms with Crippen molar-refractivity contribution in [3.05, 3.63) is 23.9 Å². The van der Waals surface area contributed by atoms with E-state index in [4.69, 9.17) is 0 Å². The highest BCUT2D eigenvalue weighted by Crippen LogP contribution is 2.11. The number of nitrogens with zero attached hydrogens (tertiary/aromatic N) is 1. The minimum Gasteiger partial charge on any atom is -0.366 e. The summed E-state index contributed by atoms with van der Waals surface area (Å²) in [5.41, 5.74) is 1.34. The van der Waals surface area contributed by atoms with E-state index < -0.39 is 0 Å². The second kappa shape index (κ2) is 5.12. The van der Waals surface area contributed by atoms with Crippen molar-refractivity contribution < 1.29 is 0 Å². The van der Waals surface area contributed by atoms with Crippen LogP contribution in [0.2, 0.25) is 0 Å². The number of pyridine rings is 1. The second-order valence-electron chi connectivity index (χ2n) is 4.09. The van der Waals surface area contributed by atoms with E-state index in [0.717, 1.165) is 25.3 Å². The number of piperidine rings is 1. The molecule has 15 heavy (non-hydrogen) atoms. The number of anilines is 1. The molecule has 0 aromatic carbocycles. The van der Waals surface area contributed by atoms with Crippen LogP contribution < -0.4 is 10.6 Å². The Labute approximate surface area is 91.3 Å².